The van der Waals surface area contributed by atoms with Gasteiger partial charge in [0.25, 0.3) is 0 Å². The van der Waals surface area contributed by atoms with Crippen molar-refractivity contribution >= 4 is 0 Å². The van der Waals surface area contributed by atoms with Crippen molar-refractivity contribution in [1.82, 2.24) is 4.90 Å². The summed E-state index contributed by atoms with van der Waals surface area (Å²) in [6.07, 6.45) is 0.639. The molecule has 0 aliphatic carbocycles. The summed E-state index contributed by atoms with van der Waals surface area (Å²) in [5.41, 5.74) is 2.33. The summed E-state index contributed by atoms with van der Waals surface area (Å²) in [4.78, 5) is 2.25. The van der Waals surface area contributed by atoms with Crippen LogP contribution < -0.4 is 0 Å². The monoisotopic (exact) mass is 293 g/mol. The number of hydrogen-bond donors (Lipinski definition) is 1. The molecule has 0 amide bonds. The van der Waals surface area contributed by atoms with Gasteiger partial charge < -0.3 is 9.84 Å². The quantitative estimate of drug-likeness (QED) is 0.758. The molecule has 2 unspecified atom stereocenters. The van der Waals surface area contributed by atoms with E-state index in [9.17, 15) is 5.11 Å². The molecule has 120 valence electrons. The fraction of sp³-hybridized carbons (Fsp3) is 0.667. The van der Waals surface area contributed by atoms with E-state index < -0.39 is 6.10 Å². The van der Waals surface area contributed by atoms with Crippen LogP contribution in [0.3, 0.4) is 0 Å². The topological polar surface area (TPSA) is 32.7 Å². The molecule has 0 bridgehead atoms. The normalized spacial score (nSPS) is 14.7. The van der Waals surface area contributed by atoms with Gasteiger partial charge in [0.15, 0.2) is 0 Å². The molecule has 0 spiro atoms. The Hall–Kier alpha value is -0.900. The Morgan fingerprint density at radius 1 is 1.14 bits per heavy atom. The maximum Gasteiger partial charge on any atom is 0.0917 e. The van der Waals surface area contributed by atoms with Crippen LogP contribution in [0.2, 0.25) is 0 Å². The summed E-state index contributed by atoms with van der Waals surface area (Å²) in [7, 11) is 1.72. The summed E-state index contributed by atoms with van der Waals surface area (Å²) in [5.74, 6) is 0.659. The van der Waals surface area contributed by atoms with Crippen molar-refractivity contribution in [1.29, 1.82) is 0 Å². The highest BCUT2D eigenvalue weighted by Gasteiger charge is 2.17. The van der Waals surface area contributed by atoms with Gasteiger partial charge in [0.05, 0.1) is 12.7 Å². The molecule has 0 saturated carbocycles. The molecule has 1 N–H and O–H groups in total. The third-order valence-corrected chi connectivity index (χ3v) is 3.85. The largest absolute Gasteiger partial charge is 0.387 e. The zero-order valence-corrected chi connectivity index (χ0v) is 14.2. The Balaban J connectivity index is 2.63. The highest BCUT2D eigenvalue weighted by Crippen LogP contribution is 2.18. The predicted molar refractivity (Wildman–Crippen MR) is 88.5 cm³/mol. The van der Waals surface area contributed by atoms with Crippen molar-refractivity contribution in [3.05, 3.63) is 35.4 Å². The number of rotatable bonds is 9. The smallest absolute Gasteiger partial charge is 0.0917 e. The number of nitrogens with zero attached hydrogens (tertiary/aromatic N) is 1. The molecule has 0 fully saturated rings. The van der Waals surface area contributed by atoms with Crippen molar-refractivity contribution in [2.24, 2.45) is 5.92 Å². The molecule has 0 aliphatic heterocycles. The minimum atomic E-state index is -0.447. The lowest BCUT2D eigenvalue weighted by Gasteiger charge is -2.29. The highest BCUT2D eigenvalue weighted by molar-refractivity contribution is 5.24. The van der Waals surface area contributed by atoms with Gasteiger partial charge in [-0.15, -0.1) is 0 Å². The fourth-order valence-corrected chi connectivity index (χ4v) is 2.64. The maximum absolute atomic E-state index is 10.4. The molecule has 1 aromatic rings. The van der Waals surface area contributed by atoms with Crippen LogP contribution in [0.15, 0.2) is 24.3 Å². The Bertz CT molecular complexity index is 389. The lowest BCUT2D eigenvalue weighted by atomic mass is 10.00. The molecular formula is C18H31NO2. The molecule has 1 rings (SSSR count). The number of hydrogen-bond acceptors (Lipinski definition) is 3. The van der Waals surface area contributed by atoms with Crippen LogP contribution in [0.5, 0.6) is 0 Å². The van der Waals surface area contributed by atoms with Gasteiger partial charge in [-0.1, -0.05) is 45.0 Å². The predicted octanol–water partition coefficient (Wildman–Crippen LogP) is 3.28. The molecule has 0 aromatic heterocycles. The summed E-state index contributed by atoms with van der Waals surface area (Å²) < 4.78 is 5.20. The number of likely N-dealkylation sites (N-methyl/N-ethyl adjacent to an activating group) is 1. The van der Waals surface area contributed by atoms with Crippen LogP contribution in [0.25, 0.3) is 0 Å². The third-order valence-electron chi connectivity index (χ3n) is 3.85. The van der Waals surface area contributed by atoms with Crippen LogP contribution >= 0.6 is 0 Å². The van der Waals surface area contributed by atoms with Gasteiger partial charge in [0.1, 0.15) is 0 Å². The van der Waals surface area contributed by atoms with Crippen molar-refractivity contribution in [2.75, 3.05) is 26.8 Å². The van der Waals surface area contributed by atoms with Gasteiger partial charge in [-0.25, -0.2) is 0 Å². The Morgan fingerprint density at radius 2 is 1.76 bits per heavy atom. The molecule has 3 heteroatoms. The SMILES string of the molecule is CCN(CC(O)c1ccc(CC(C)C)cc1)C(C)COC. The van der Waals surface area contributed by atoms with E-state index >= 15 is 0 Å². The van der Waals surface area contributed by atoms with Crippen molar-refractivity contribution in [2.45, 2.75) is 46.3 Å². The lowest BCUT2D eigenvalue weighted by molar-refractivity contribution is 0.0582. The van der Waals surface area contributed by atoms with E-state index in [1.807, 2.05) is 0 Å². The lowest BCUT2D eigenvalue weighted by Crippen LogP contribution is -2.38. The van der Waals surface area contributed by atoms with Gasteiger partial charge in [-0.05, 0) is 36.9 Å². The Kier molecular flexibility index (Phi) is 7.94. The molecule has 0 radical (unpaired) electrons. The summed E-state index contributed by atoms with van der Waals surface area (Å²) in [6, 6.07) is 8.68. The first-order chi connectivity index (χ1) is 9.97. The highest BCUT2D eigenvalue weighted by atomic mass is 16.5. The van der Waals surface area contributed by atoms with E-state index in [1.165, 1.54) is 5.56 Å². The number of aliphatic hydroxyl groups excluding tert-OH is 1. The second kappa shape index (κ2) is 9.19. The molecule has 21 heavy (non-hydrogen) atoms. The Morgan fingerprint density at radius 3 is 2.24 bits per heavy atom. The second-order valence-electron chi connectivity index (χ2n) is 6.25. The minimum absolute atomic E-state index is 0.315. The standard InChI is InChI=1S/C18H31NO2/c1-6-19(15(4)13-21-5)12-18(20)17-9-7-16(8-10-17)11-14(2)3/h7-10,14-15,18,20H,6,11-13H2,1-5H3. The average Bonchev–Trinajstić information content (AvgIpc) is 2.44. The van der Waals surface area contributed by atoms with E-state index in [-0.39, 0.29) is 0 Å². The fourth-order valence-electron chi connectivity index (χ4n) is 2.64. The summed E-state index contributed by atoms with van der Waals surface area (Å²) in [5, 5.41) is 10.4. The van der Waals surface area contributed by atoms with Crippen molar-refractivity contribution < 1.29 is 9.84 Å². The molecule has 0 heterocycles. The Labute approximate surface area is 129 Å². The molecule has 0 aliphatic rings. The van der Waals surface area contributed by atoms with Gasteiger partial charge in [0, 0.05) is 19.7 Å². The molecular weight excluding hydrogens is 262 g/mol. The second-order valence-corrected chi connectivity index (χ2v) is 6.25. The zero-order valence-electron chi connectivity index (χ0n) is 14.2. The van der Waals surface area contributed by atoms with Crippen molar-refractivity contribution in [3.8, 4) is 0 Å². The van der Waals surface area contributed by atoms with E-state index in [4.69, 9.17) is 4.74 Å². The first-order valence-corrected chi connectivity index (χ1v) is 7.97. The first kappa shape index (κ1) is 18.1. The van der Waals surface area contributed by atoms with E-state index in [2.05, 4.69) is 56.9 Å². The van der Waals surface area contributed by atoms with E-state index in [0.29, 0.717) is 25.1 Å². The van der Waals surface area contributed by atoms with Gasteiger partial charge in [-0.3, -0.25) is 4.90 Å². The van der Waals surface area contributed by atoms with E-state index in [0.717, 1.165) is 18.5 Å². The molecule has 0 saturated heterocycles. The van der Waals surface area contributed by atoms with Gasteiger partial charge in [0.2, 0.25) is 0 Å². The van der Waals surface area contributed by atoms with E-state index in [1.54, 1.807) is 7.11 Å². The van der Waals surface area contributed by atoms with Crippen LogP contribution in [-0.4, -0.2) is 42.9 Å². The van der Waals surface area contributed by atoms with Crippen LogP contribution in [0.4, 0.5) is 0 Å². The van der Waals surface area contributed by atoms with Crippen molar-refractivity contribution in [3.63, 3.8) is 0 Å². The zero-order chi connectivity index (χ0) is 15.8. The minimum Gasteiger partial charge on any atom is -0.387 e. The number of benzene rings is 1. The van der Waals surface area contributed by atoms with Gasteiger partial charge >= 0.3 is 0 Å². The number of ether oxygens (including phenoxy) is 1. The maximum atomic E-state index is 10.4. The average molecular weight is 293 g/mol. The number of aliphatic hydroxyl groups is 1. The summed E-state index contributed by atoms with van der Waals surface area (Å²) in [6.45, 7) is 10.9. The first-order valence-electron chi connectivity index (χ1n) is 7.97. The van der Waals surface area contributed by atoms with Crippen LogP contribution in [0, 0.1) is 5.92 Å². The molecule has 3 nitrogen and oxygen atoms in total. The van der Waals surface area contributed by atoms with Gasteiger partial charge in [-0.2, -0.15) is 0 Å². The molecule has 1 aromatic carbocycles. The third kappa shape index (κ3) is 6.16. The van der Waals surface area contributed by atoms with Crippen LogP contribution in [0.1, 0.15) is 44.9 Å². The molecule has 2 atom stereocenters. The number of methoxy groups -OCH3 is 1. The van der Waals surface area contributed by atoms with Crippen LogP contribution in [-0.2, 0) is 11.2 Å². The summed E-state index contributed by atoms with van der Waals surface area (Å²) >= 11 is 0.